The van der Waals surface area contributed by atoms with Gasteiger partial charge in [-0.25, -0.2) is 0 Å². The molecule has 0 radical (unpaired) electrons. The van der Waals surface area contributed by atoms with E-state index in [1.165, 1.54) is 0 Å². The Balaban J connectivity index is 2.88. The number of amides is 1. The Morgan fingerprint density at radius 2 is 2.21 bits per heavy atom. The molecule has 1 fully saturated rings. The van der Waals surface area contributed by atoms with E-state index < -0.39 is 5.54 Å². The van der Waals surface area contributed by atoms with Gasteiger partial charge in [-0.2, -0.15) is 0 Å². The SMILES string of the molecule is CCC1N(C(C)C)CCC1(N)C(N)=O. The Hall–Kier alpha value is -0.610. The standard InChI is InChI=1S/C10H21N3O/c1-4-8-10(12,9(11)14)5-6-13(8)7(2)3/h7-8H,4-6,12H2,1-3H3,(H2,11,14). The van der Waals surface area contributed by atoms with Crippen LogP contribution in [0.2, 0.25) is 0 Å². The molecule has 2 unspecified atom stereocenters. The predicted molar refractivity (Wildman–Crippen MR) is 56.7 cm³/mol. The number of carbonyl (C=O) groups is 1. The number of primary amides is 1. The number of carbonyl (C=O) groups excluding carboxylic acids is 1. The summed E-state index contributed by atoms with van der Waals surface area (Å²) in [5, 5.41) is 0. The van der Waals surface area contributed by atoms with Crippen LogP contribution in [0.3, 0.4) is 0 Å². The maximum atomic E-state index is 11.3. The van der Waals surface area contributed by atoms with Crippen LogP contribution in [0.15, 0.2) is 0 Å². The summed E-state index contributed by atoms with van der Waals surface area (Å²) in [6.45, 7) is 7.16. The summed E-state index contributed by atoms with van der Waals surface area (Å²) in [6, 6.07) is 0.518. The van der Waals surface area contributed by atoms with E-state index >= 15 is 0 Å². The van der Waals surface area contributed by atoms with E-state index in [0.717, 1.165) is 13.0 Å². The Bertz CT molecular complexity index is 229. The van der Waals surface area contributed by atoms with Crippen LogP contribution in [0.5, 0.6) is 0 Å². The van der Waals surface area contributed by atoms with Crippen LogP contribution in [-0.4, -0.2) is 35.0 Å². The quantitative estimate of drug-likeness (QED) is 0.675. The first-order valence-corrected chi connectivity index (χ1v) is 5.28. The second-order valence-electron chi connectivity index (χ2n) is 4.41. The van der Waals surface area contributed by atoms with Crippen molar-refractivity contribution in [2.45, 2.75) is 51.2 Å². The first-order valence-electron chi connectivity index (χ1n) is 5.28. The molecule has 1 aliphatic heterocycles. The largest absolute Gasteiger partial charge is 0.368 e. The Morgan fingerprint density at radius 3 is 2.57 bits per heavy atom. The van der Waals surface area contributed by atoms with E-state index in [0.29, 0.717) is 12.5 Å². The van der Waals surface area contributed by atoms with Crippen LogP contribution in [0.1, 0.15) is 33.6 Å². The summed E-state index contributed by atoms with van der Waals surface area (Å²) in [5.74, 6) is -0.368. The molecule has 2 atom stereocenters. The lowest BCUT2D eigenvalue weighted by atomic mass is 9.89. The molecule has 0 aromatic carbocycles. The van der Waals surface area contributed by atoms with E-state index in [-0.39, 0.29) is 11.9 Å². The number of hydrogen-bond acceptors (Lipinski definition) is 3. The van der Waals surface area contributed by atoms with E-state index in [2.05, 4.69) is 25.7 Å². The average molecular weight is 199 g/mol. The Morgan fingerprint density at radius 1 is 1.64 bits per heavy atom. The maximum Gasteiger partial charge on any atom is 0.239 e. The van der Waals surface area contributed by atoms with Gasteiger partial charge in [-0.1, -0.05) is 6.92 Å². The fraction of sp³-hybridized carbons (Fsp3) is 0.900. The highest BCUT2D eigenvalue weighted by atomic mass is 16.1. The van der Waals surface area contributed by atoms with Crippen LogP contribution in [0.4, 0.5) is 0 Å². The van der Waals surface area contributed by atoms with Gasteiger partial charge in [0.25, 0.3) is 0 Å². The van der Waals surface area contributed by atoms with Crippen LogP contribution in [0, 0.1) is 0 Å². The topological polar surface area (TPSA) is 72.3 Å². The summed E-state index contributed by atoms with van der Waals surface area (Å²) in [7, 11) is 0. The van der Waals surface area contributed by atoms with Gasteiger partial charge < -0.3 is 11.5 Å². The van der Waals surface area contributed by atoms with Gasteiger partial charge in [0.05, 0.1) is 0 Å². The smallest absolute Gasteiger partial charge is 0.239 e. The van der Waals surface area contributed by atoms with Crippen molar-refractivity contribution in [2.24, 2.45) is 11.5 Å². The van der Waals surface area contributed by atoms with E-state index in [4.69, 9.17) is 11.5 Å². The molecule has 4 nitrogen and oxygen atoms in total. The Labute approximate surface area is 85.6 Å². The highest BCUT2D eigenvalue weighted by Gasteiger charge is 2.48. The molecule has 0 aromatic rings. The van der Waals surface area contributed by atoms with Crippen molar-refractivity contribution >= 4 is 5.91 Å². The van der Waals surface area contributed by atoms with Gasteiger partial charge in [0.15, 0.2) is 0 Å². The molecule has 0 aromatic heterocycles. The third kappa shape index (κ3) is 1.64. The van der Waals surface area contributed by atoms with Crippen LogP contribution in [-0.2, 0) is 4.79 Å². The average Bonchev–Trinajstić information content (AvgIpc) is 2.43. The second kappa shape index (κ2) is 3.87. The number of rotatable bonds is 3. The van der Waals surface area contributed by atoms with E-state index in [1.807, 2.05) is 0 Å². The van der Waals surface area contributed by atoms with Crippen LogP contribution >= 0.6 is 0 Å². The molecule has 0 aliphatic carbocycles. The molecule has 4 N–H and O–H groups in total. The minimum Gasteiger partial charge on any atom is -0.368 e. The van der Waals surface area contributed by atoms with Crippen molar-refractivity contribution in [3.63, 3.8) is 0 Å². The van der Waals surface area contributed by atoms with Gasteiger partial charge in [0.2, 0.25) is 5.91 Å². The summed E-state index contributed by atoms with van der Waals surface area (Å²) in [6.07, 6.45) is 1.55. The van der Waals surface area contributed by atoms with Crippen molar-refractivity contribution in [1.29, 1.82) is 0 Å². The first-order chi connectivity index (χ1) is 6.43. The van der Waals surface area contributed by atoms with Gasteiger partial charge in [-0.05, 0) is 26.7 Å². The zero-order valence-corrected chi connectivity index (χ0v) is 9.29. The minimum atomic E-state index is -0.820. The van der Waals surface area contributed by atoms with E-state index in [9.17, 15) is 4.79 Å². The van der Waals surface area contributed by atoms with E-state index in [1.54, 1.807) is 0 Å². The number of hydrogen-bond donors (Lipinski definition) is 2. The summed E-state index contributed by atoms with van der Waals surface area (Å²) in [4.78, 5) is 13.6. The molecule has 1 saturated heterocycles. The molecule has 1 rings (SSSR count). The molecule has 82 valence electrons. The van der Waals surface area contributed by atoms with Crippen LogP contribution in [0.25, 0.3) is 0 Å². The van der Waals surface area contributed by atoms with Gasteiger partial charge in [0, 0.05) is 18.6 Å². The van der Waals surface area contributed by atoms with Gasteiger partial charge in [-0.15, -0.1) is 0 Å². The zero-order chi connectivity index (χ0) is 10.9. The highest BCUT2D eigenvalue weighted by molar-refractivity contribution is 5.85. The van der Waals surface area contributed by atoms with Gasteiger partial charge >= 0.3 is 0 Å². The molecule has 1 amide bonds. The number of nitrogens with zero attached hydrogens (tertiary/aromatic N) is 1. The normalized spacial score (nSPS) is 33.9. The summed E-state index contributed by atoms with van der Waals surface area (Å²) < 4.78 is 0. The molecule has 1 aliphatic rings. The van der Waals surface area contributed by atoms with Gasteiger partial charge in [-0.3, -0.25) is 9.69 Å². The Kier molecular flexibility index (Phi) is 3.17. The van der Waals surface area contributed by atoms with Gasteiger partial charge in [0.1, 0.15) is 5.54 Å². The van der Waals surface area contributed by atoms with Crippen molar-refractivity contribution in [1.82, 2.24) is 4.90 Å². The lowest BCUT2D eigenvalue weighted by Gasteiger charge is -2.34. The monoisotopic (exact) mass is 199 g/mol. The third-order valence-corrected chi connectivity index (χ3v) is 3.29. The van der Waals surface area contributed by atoms with Crippen molar-refractivity contribution in [3.8, 4) is 0 Å². The summed E-state index contributed by atoms with van der Waals surface area (Å²) >= 11 is 0. The third-order valence-electron chi connectivity index (χ3n) is 3.29. The lowest BCUT2D eigenvalue weighted by molar-refractivity contribution is -0.124. The molecule has 0 bridgehead atoms. The number of nitrogens with two attached hydrogens (primary N) is 2. The highest BCUT2D eigenvalue weighted by Crippen LogP contribution is 2.30. The molecule has 14 heavy (non-hydrogen) atoms. The molecule has 0 saturated carbocycles. The fourth-order valence-corrected chi connectivity index (χ4v) is 2.44. The molecular formula is C10H21N3O. The van der Waals surface area contributed by atoms with Crippen molar-refractivity contribution in [2.75, 3.05) is 6.54 Å². The van der Waals surface area contributed by atoms with Crippen LogP contribution < -0.4 is 11.5 Å². The minimum absolute atomic E-state index is 0.0972. The fourth-order valence-electron chi connectivity index (χ4n) is 2.44. The lowest BCUT2D eigenvalue weighted by Crippen LogP contribution is -2.60. The number of likely N-dealkylation sites (tertiary alicyclic amines) is 1. The predicted octanol–water partition coefficient (Wildman–Crippen LogP) is 0.0619. The molecular weight excluding hydrogens is 178 g/mol. The van der Waals surface area contributed by atoms with Crippen molar-refractivity contribution < 1.29 is 4.79 Å². The molecule has 4 heteroatoms. The first kappa shape index (κ1) is 11.5. The second-order valence-corrected chi connectivity index (χ2v) is 4.41. The molecule has 0 spiro atoms. The molecule has 1 heterocycles. The summed E-state index contributed by atoms with van der Waals surface area (Å²) in [5.41, 5.74) is 10.6. The zero-order valence-electron chi connectivity index (χ0n) is 9.29. The maximum absolute atomic E-state index is 11.3. The van der Waals surface area contributed by atoms with Crippen molar-refractivity contribution in [3.05, 3.63) is 0 Å².